The normalized spacial score (nSPS) is 10.6. The van der Waals surface area contributed by atoms with Crippen LogP contribution >= 0.6 is 23.4 Å². The van der Waals surface area contributed by atoms with E-state index in [1.807, 2.05) is 23.6 Å². The number of amides is 1. The molecule has 10 heteroatoms. The fourth-order valence-electron chi connectivity index (χ4n) is 2.58. The van der Waals surface area contributed by atoms with Crippen molar-refractivity contribution in [1.29, 1.82) is 0 Å². The molecule has 8 nitrogen and oxygen atoms in total. The van der Waals surface area contributed by atoms with Crippen molar-refractivity contribution >= 4 is 40.6 Å². The van der Waals surface area contributed by atoms with Crippen LogP contribution in [0.15, 0.2) is 53.7 Å². The molecule has 2 aromatic carbocycles. The van der Waals surface area contributed by atoms with Gasteiger partial charge in [-0.2, -0.15) is 0 Å². The number of para-hydroxylation sites is 2. The van der Waals surface area contributed by atoms with Crippen LogP contribution < -0.4 is 5.32 Å². The molecule has 0 fully saturated rings. The average Bonchev–Trinajstić information content (AvgIpc) is 3.09. The van der Waals surface area contributed by atoms with Crippen molar-refractivity contribution in [3.8, 4) is 11.4 Å². The number of nitro benzene ring substituents is 1. The number of nitro groups is 1. The monoisotopic (exact) mass is 417 g/mol. The first-order chi connectivity index (χ1) is 13.5. The molecular weight excluding hydrogens is 402 g/mol. The van der Waals surface area contributed by atoms with Crippen molar-refractivity contribution in [1.82, 2.24) is 14.8 Å². The molecule has 0 aliphatic rings. The standard InChI is InChI=1S/C18H16ClN5O3S/c1-2-23-17(12-6-5-7-13(19)10-12)21-22-18(23)28-11-16(25)20-14-8-3-4-9-15(14)24(26)27/h3-10H,2,11H2,1H3,(H,20,25). The minimum atomic E-state index is -0.534. The summed E-state index contributed by atoms with van der Waals surface area (Å²) in [5, 5.41) is 23.2. The Balaban J connectivity index is 1.71. The second-order valence-electron chi connectivity index (χ2n) is 5.67. The van der Waals surface area contributed by atoms with E-state index in [2.05, 4.69) is 15.5 Å². The highest BCUT2D eigenvalue weighted by molar-refractivity contribution is 7.99. The summed E-state index contributed by atoms with van der Waals surface area (Å²) in [5.41, 5.74) is 0.841. The maximum absolute atomic E-state index is 12.3. The quantitative estimate of drug-likeness (QED) is 0.350. The number of thioether (sulfide) groups is 1. The number of aromatic nitrogens is 3. The van der Waals surface area contributed by atoms with E-state index >= 15 is 0 Å². The summed E-state index contributed by atoms with van der Waals surface area (Å²) in [6, 6.07) is 13.3. The zero-order valence-electron chi connectivity index (χ0n) is 14.8. The average molecular weight is 418 g/mol. The minimum absolute atomic E-state index is 0.0414. The van der Waals surface area contributed by atoms with Gasteiger partial charge in [0.15, 0.2) is 11.0 Å². The van der Waals surface area contributed by atoms with Gasteiger partial charge in [-0.15, -0.1) is 10.2 Å². The fourth-order valence-corrected chi connectivity index (χ4v) is 3.57. The van der Waals surface area contributed by atoms with Crippen LogP contribution in [0.25, 0.3) is 11.4 Å². The van der Waals surface area contributed by atoms with E-state index in [1.165, 1.54) is 23.9 Å². The third kappa shape index (κ3) is 4.49. The van der Waals surface area contributed by atoms with Gasteiger partial charge in [0.05, 0.1) is 10.7 Å². The number of hydrogen-bond donors (Lipinski definition) is 1. The number of halogens is 1. The topological polar surface area (TPSA) is 103 Å². The van der Waals surface area contributed by atoms with Gasteiger partial charge in [0.25, 0.3) is 5.69 Å². The van der Waals surface area contributed by atoms with Crippen molar-refractivity contribution in [2.24, 2.45) is 0 Å². The van der Waals surface area contributed by atoms with Crippen molar-refractivity contribution in [3.05, 3.63) is 63.7 Å². The van der Waals surface area contributed by atoms with Gasteiger partial charge in [-0.05, 0) is 25.1 Å². The summed E-state index contributed by atoms with van der Waals surface area (Å²) in [6.07, 6.45) is 0. The molecule has 3 aromatic rings. The van der Waals surface area contributed by atoms with Crippen molar-refractivity contribution < 1.29 is 9.72 Å². The van der Waals surface area contributed by atoms with Crippen LogP contribution in [0.1, 0.15) is 6.92 Å². The largest absolute Gasteiger partial charge is 0.320 e. The second-order valence-corrected chi connectivity index (χ2v) is 7.05. The predicted molar refractivity (Wildman–Crippen MR) is 109 cm³/mol. The van der Waals surface area contributed by atoms with E-state index in [0.717, 1.165) is 5.56 Å². The Bertz CT molecular complexity index is 1020. The highest BCUT2D eigenvalue weighted by Crippen LogP contribution is 2.27. The highest BCUT2D eigenvalue weighted by Gasteiger charge is 2.17. The van der Waals surface area contributed by atoms with Crippen LogP contribution in [-0.4, -0.2) is 31.3 Å². The summed E-state index contributed by atoms with van der Waals surface area (Å²) in [4.78, 5) is 22.8. The summed E-state index contributed by atoms with van der Waals surface area (Å²) >= 11 is 7.26. The van der Waals surface area contributed by atoms with Crippen molar-refractivity contribution in [2.75, 3.05) is 11.1 Å². The predicted octanol–water partition coefficient (Wildman–Crippen LogP) is 4.26. The summed E-state index contributed by atoms with van der Waals surface area (Å²) in [6.45, 7) is 2.57. The molecule has 1 N–H and O–H groups in total. The molecule has 3 rings (SSSR count). The summed E-state index contributed by atoms with van der Waals surface area (Å²) in [5.74, 6) is 0.334. The SMILES string of the molecule is CCn1c(SCC(=O)Nc2ccccc2[N+](=O)[O-])nnc1-c1cccc(Cl)c1. The number of carbonyl (C=O) groups is 1. The van der Waals surface area contributed by atoms with E-state index in [-0.39, 0.29) is 23.0 Å². The molecule has 1 aromatic heterocycles. The molecule has 0 saturated carbocycles. The maximum Gasteiger partial charge on any atom is 0.292 e. The van der Waals surface area contributed by atoms with Crippen molar-refractivity contribution in [3.63, 3.8) is 0 Å². The molecule has 144 valence electrons. The third-order valence-corrected chi connectivity index (χ3v) is 5.02. The second kappa shape index (κ2) is 8.85. The van der Waals surface area contributed by atoms with E-state index in [1.54, 1.807) is 24.3 Å². The zero-order chi connectivity index (χ0) is 20.1. The van der Waals surface area contributed by atoms with Crippen LogP contribution in [0.4, 0.5) is 11.4 Å². The Morgan fingerprint density at radius 3 is 2.75 bits per heavy atom. The number of nitrogens with zero attached hydrogens (tertiary/aromatic N) is 4. The molecule has 0 atom stereocenters. The lowest BCUT2D eigenvalue weighted by Crippen LogP contribution is -2.15. The lowest BCUT2D eigenvalue weighted by Gasteiger charge is -2.08. The molecule has 0 unspecified atom stereocenters. The Morgan fingerprint density at radius 1 is 1.25 bits per heavy atom. The molecule has 1 amide bonds. The summed E-state index contributed by atoms with van der Waals surface area (Å²) in [7, 11) is 0. The maximum atomic E-state index is 12.3. The van der Waals surface area contributed by atoms with Gasteiger partial charge in [-0.1, -0.05) is 47.6 Å². The van der Waals surface area contributed by atoms with E-state index in [0.29, 0.717) is 22.5 Å². The number of hydrogen-bond acceptors (Lipinski definition) is 6. The smallest absolute Gasteiger partial charge is 0.292 e. The van der Waals surface area contributed by atoms with Gasteiger partial charge >= 0.3 is 0 Å². The zero-order valence-corrected chi connectivity index (χ0v) is 16.4. The van der Waals surface area contributed by atoms with Gasteiger partial charge < -0.3 is 9.88 Å². The minimum Gasteiger partial charge on any atom is -0.320 e. The molecular formula is C18H16ClN5O3S. The van der Waals surface area contributed by atoms with E-state index in [4.69, 9.17) is 11.6 Å². The molecule has 0 bridgehead atoms. The number of carbonyl (C=O) groups excluding carboxylic acids is 1. The van der Waals surface area contributed by atoms with Crippen LogP contribution in [0.5, 0.6) is 0 Å². The van der Waals surface area contributed by atoms with Crippen LogP contribution in [0.3, 0.4) is 0 Å². The summed E-state index contributed by atoms with van der Waals surface area (Å²) < 4.78 is 1.88. The van der Waals surface area contributed by atoms with Crippen molar-refractivity contribution in [2.45, 2.75) is 18.6 Å². The van der Waals surface area contributed by atoms with Gasteiger partial charge in [0, 0.05) is 23.2 Å². The Labute approximate surface area is 170 Å². The number of nitrogens with one attached hydrogen (secondary N) is 1. The third-order valence-electron chi connectivity index (χ3n) is 3.82. The first-order valence-electron chi connectivity index (χ1n) is 8.34. The van der Waals surface area contributed by atoms with Gasteiger partial charge in [-0.3, -0.25) is 14.9 Å². The van der Waals surface area contributed by atoms with Crippen LogP contribution in [-0.2, 0) is 11.3 Å². The first kappa shape index (κ1) is 19.8. The number of benzene rings is 2. The highest BCUT2D eigenvalue weighted by atomic mass is 35.5. The molecule has 1 heterocycles. The van der Waals surface area contributed by atoms with Gasteiger partial charge in [0.2, 0.25) is 5.91 Å². The van der Waals surface area contributed by atoms with Crippen LogP contribution in [0, 0.1) is 10.1 Å². The molecule has 0 spiro atoms. The van der Waals surface area contributed by atoms with E-state index < -0.39 is 4.92 Å². The molecule has 0 aliphatic heterocycles. The molecule has 0 saturated heterocycles. The molecule has 0 aliphatic carbocycles. The van der Waals surface area contributed by atoms with Gasteiger partial charge in [0.1, 0.15) is 5.69 Å². The molecule has 0 radical (unpaired) electrons. The van der Waals surface area contributed by atoms with Gasteiger partial charge in [-0.25, -0.2) is 0 Å². The Hall–Kier alpha value is -2.91. The fraction of sp³-hybridized carbons (Fsp3) is 0.167. The number of anilines is 1. The van der Waals surface area contributed by atoms with Crippen LogP contribution in [0.2, 0.25) is 5.02 Å². The lowest BCUT2D eigenvalue weighted by molar-refractivity contribution is -0.383. The lowest BCUT2D eigenvalue weighted by atomic mass is 10.2. The number of rotatable bonds is 7. The Kier molecular flexibility index (Phi) is 6.27. The molecule has 28 heavy (non-hydrogen) atoms. The first-order valence-corrected chi connectivity index (χ1v) is 9.71. The van der Waals surface area contributed by atoms with E-state index in [9.17, 15) is 14.9 Å². The Morgan fingerprint density at radius 2 is 2.04 bits per heavy atom.